The quantitative estimate of drug-likeness (QED) is 0.458. The zero-order chi connectivity index (χ0) is 14.8. The number of rotatable bonds is 7. The summed E-state index contributed by atoms with van der Waals surface area (Å²) in [6.07, 6.45) is 2.10. The number of aliphatic imine (C=N–C) groups is 1. The number of guanidine groups is 1. The summed E-state index contributed by atoms with van der Waals surface area (Å²) in [7, 11) is 3.38. The highest BCUT2D eigenvalue weighted by molar-refractivity contribution is 5.79. The molecule has 0 saturated carbocycles. The second kappa shape index (κ2) is 9.31. The molecular weight excluding hydrogens is 257 g/mol. The van der Waals surface area contributed by atoms with Crippen LogP contribution in [0.3, 0.4) is 0 Å². The third-order valence-corrected chi connectivity index (χ3v) is 3.03. The number of hydrogen-bond acceptors (Lipinski definition) is 2. The molecule has 4 nitrogen and oxygen atoms in total. The van der Waals surface area contributed by atoms with Gasteiger partial charge >= 0.3 is 0 Å². The Morgan fingerprint density at radius 1 is 1.30 bits per heavy atom. The molecule has 1 unspecified atom stereocenters. The first-order chi connectivity index (χ1) is 9.71. The highest BCUT2D eigenvalue weighted by atomic mass is 19.1. The van der Waals surface area contributed by atoms with E-state index >= 15 is 0 Å². The van der Waals surface area contributed by atoms with Crippen molar-refractivity contribution >= 4 is 5.96 Å². The largest absolute Gasteiger partial charge is 0.375 e. The molecule has 0 radical (unpaired) electrons. The van der Waals surface area contributed by atoms with Crippen molar-refractivity contribution in [3.05, 3.63) is 35.6 Å². The maximum atomic E-state index is 12.9. The average Bonchev–Trinajstić information content (AvgIpc) is 2.47. The van der Waals surface area contributed by atoms with Gasteiger partial charge in [0.05, 0.1) is 6.10 Å². The average molecular weight is 281 g/mol. The van der Waals surface area contributed by atoms with Crippen molar-refractivity contribution in [2.75, 3.05) is 27.2 Å². The number of methoxy groups -OCH3 is 1. The fraction of sp³-hybridized carbons (Fsp3) is 0.533. The van der Waals surface area contributed by atoms with Crippen LogP contribution in [0.4, 0.5) is 4.39 Å². The summed E-state index contributed by atoms with van der Waals surface area (Å²) >= 11 is 0. The Bertz CT molecular complexity index is 406. The Kier molecular flexibility index (Phi) is 7.65. The van der Waals surface area contributed by atoms with Crippen LogP contribution in [0.1, 0.15) is 31.4 Å². The minimum Gasteiger partial charge on any atom is -0.375 e. The lowest BCUT2D eigenvalue weighted by atomic mass is 10.1. The molecule has 0 aliphatic rings. The maximum absolute atomic E-state index is 12.9. The predicted molar refractivity (Wildman–Crippen MR) is 80.4 cm³/mol. The Labute approximate surface area is 120 Å². The van der Waals surface area contributed by atoms with Crippen LogP contribution in [0.2, 0.25) is 0 Å². The van der Waals surface area contributed by atoms with Crippen LogP contribution in [0.5, 0.6) is 0 Å². The molecule has 1 aromatic carbocycles. The lowest BCUT2D eigenvalue weighted by molar-refractivity contribution is 0.106. The standard InChI is InChI=1S/C15H24FN3O/c1-4-5-10-18-15(17-2)19-11-14(20-3)12-6-8-13(16)9-7-12/h6-9,14H,4-5,10-11H2,1-3H3,(H2,17,18,19). The minimum atomic E-state index is -0.242. The van der Waals surface area contributed by atoms with E-state index in [9.17, 15) is 4.39 Å². The number of nitrogens with one attached hydrogen (secondary N) is 2. The lowest BCUT2D eigenvalue weighted by Crippen LogP contribution is -2.40. The summed E-state index contributed by atoms with van der Waals surface area (Å²) in [6, 6.07) is 6.35. The van der Waals surface area contributed by atoms with Gasteiger partial charge in [0, 0.05) is 27.2 Å². The molecule has 1 atom stereocenters. The van der Waals surface area contributed by atoms with Gasteiger partial charge in [-0.05, 0) is 24.1 Å². The Hall–Kier alpha value is -1.62. The summed E-state index contributed by atoms with van der Waals surface area (Å²) < 4.78 is 18.3. The molecule has 0 aliphatic carbocycles. The molecule has 0 bridgehead atoms. The lowest BCUT2D eigenvalue weighted by Gasteiger charge is -2.18. The maximum Gasteiger partial charge on any atom is 0.191 e. The number of ether oxygens (including phenoxy) is 1. The number of halogens is 1. The first-order valence-corrected chi connectivity index (χ1v) is 6.94. The second-order valence-corrected chi connectivity index (χ2v) is 4.51. The first kappa shape index (κ1) is 16.4. The van der Waals surface area contributed by atoms with Gasteiger partial charge < -0.3 is 15.4 Å². The zero-order valence-corrected chi connectivity index (χ0v) is 12.4. The van der Waals surface area contributed by atoms with Crippen molar-refractivity contribution in [1.82, 2.24) is 10.6 Å². The van der Waals surface area contributed by atoms with Crippen molar-refractivity contribution in [1.29, 1.82) is 0 Å². The Balaban J connectivity index is 2.49. The minimum absolute atomic E-state index is 0.139. The van der Waals surface area contributed by atoms with E-state index in [2.05, 4.69) is 22.5 Å². The van der Waals surface area contributed by atoms with Crippen molar-refractivity contribution in [3.63, 3.8) is 0 Å². The number of nitrogens with zero attached hydrogens (tertiary/aromatic N) is 1. The van der Waals surface area contributed by atoms with E-state index in [1.165, 1.54) is 12.1 Å². The second-order valence-electron chi connectivity index (χ2n) is 4.51. The molecule has 0 aliphatic heterocycles. The van der Waals surface area contributed by atoms with Crippen LogP contribution >= 0.6 is 0 Å². The topological polar surface area (TPSA) is 45.7 Å². The van der Waals surface area contributed by atoms with Crippen LogP contribution in [-0.2, 0) is 4.74 Å². The molecule has 1 rings (SSSR count). The van der Waals surface area contributed by atoms with E-state index in [-0.39, 0.29) is 11.9 Å². The predicted octanol–water partition coefficient (Wildman–Crippen LogP) is 2.48. The van der Waals surface area contributed by atoms with E-state index in [4.69, 9.17) is 4.74 Å². The van der Waals surface area contributed by atoms with Crippen LogP contribution < -0.4 is 10.6 Å². The molecular formula is C15H24FN3O. The van der Waals surface area contributed by atoms with Crippen molar-refractivity contribution < 1.29 is 9.13 Å². The Morgan fingerprint density at radius 2 is 2.00 bits per heavy atom. The van der Waals surface area contributed by atoms with Gasteiger partial charge in [-0.2, -0.15) is 0 Å². The van der Waals surface area contributed by atoms with Crippen molar-refractivity contribution in [2.45, 2.75) is 25.9 Å². The number of unbranched alkanes of at least 4 members (excludes halogenated alkanes) is 1. The fourth-order valence-electron chi connectivity index (χ4n) is 1.81. The molecule has 0 saturated heterocycles. The van der Waals surface area contributed by atoms with Crippen LogP contribution in [-0.4, -0.2) is 33.2 Å². The molecule has 0 aromatic heterocycles. The van der Waals surface area contributed by atoms with Crippen LogP contribution in [0, 0.1) is 5.82 Å². The molecule has 5 heteroatoms. The fourth-order valence-corrected chi connectivity index (χ4v) is 1.81. The van der Waals surface area contributed by atoms with Gasteiger partial charge in [0.25, 0.3) is 0 Å². The molecule has 1 aromatic rings. The molecule has 0 spiro atoms. The molecule has 112 valence electrons. The Morgan fingerprint density at radius 3 is 2.55 bits per heavy atom. The molecule has 0 amide bonds. The summed E-state index contributed by atoms with van der Waals surface area (Å²) in [5, 5.41) is 6.45. The van der Waals surface area contributed by atoms with Gasteiger partial charge in [-0.3, -0.25) is 4.99 Å². The molecule has 20 heavy (non-hydrogen) atoms. The van der Waals surface area contributed by atoms with E-state index in [1.807, 2.05) is 0 Å². The van der Waals surface area contributed by atoms with Gasteiger partial charge in [0.2, 0.25) is 0 Å². The summed E-state index contributed by atoms with van der Waals surface area (Å²) in [5.74, 6) is 0.510. The highest BCUT2D eigenvalue weighted by Gasteiger charge is 2.11. The van der Waals surface area contributed by atoms with Gasteiger partial charge in [0.15, 0.2) is 5.96 Å². The summed E-state index contributed by atoms with van der Waals surface area (Å²) in [6.45, 7) is 3.62. The van der Waals surface area contributed by atoms with E-state index in [0.717, 1.165) is 30.9 Å². The van der Waals surface area contributed by atoms with Gasteiger partial charge in [0.1, 0.15) is 5.82 Å². The van der Waals surface area contributed by atoms with Gasteiger partial charge in [-0.1, -0.05) is 25.5 Å². The van der Waals surface area contributed by atoms with Gasteiger partial charge in [-0.25, -0.2) is 4.39 Å². The molecule has 0 fully saturated rings. The summed E-state index contributed by atoms with van der Waals surface area (Å²) in [5.41, 5.74) is 0.936. The molecule has 2 N–H and O–H groups in total. The van der Waals surface area contributed by atoms with Crippen molar-refractivity contribution in [2.24, 2.45) is 4.99 Å². The van der Waals surface area contributed by atoms with E-state index in [0.29, 0.717) is 6.54 Å². The van der Waals surface area contributed by atoms with E-state index in [1.54, 1.807) is 26.3 Å². The third kappa shape index (κ3) is 5.57. The van der Waals surface area contributed by atoms with Crippen LogP contribution in [0.15, 0.2) is 29.3 Å². The third-order valence-electron chi connectivity index (χ3n) is 3.03. The van der Waals surface area contributed by atoms with E-state index < -0.39 is 0 Å². The molecule has 0 heterocycles. The monoisotopic (exact) mass is 281 g/mol. The van der Waals surface area contributed by atoms with Gasteiger partial charge in [-0.15, -0.1) is 0 Å². The zero-order valence-electron chi connectivity index (χ0n) is 12.4. The number of benzene rings is 1. The smallest absolute Gasteiger partial charge is 0.191 e. The van der Waals surface area contributed by atoms with Crippen molar-refractivity contribution in [3.8, 4) is 0 Å². The summed E-state index contributed by atoms with van der Waals surface area (Å²) in [4.78, 5) is 4.15. The first-order valence-electron chi connectivity index (χ1n) is 6.94. The SMILES string of the molecule is CCCCNC(=NC)NCC(OC)c1ccc(F)cc1. The van der Waals surface area contributed by atoms with Crippen LogP contribution in [0.25, 0.3) is 0 Å². The number of hydrogen-bond donors (Lipinski definition) is 2. The normalized spacial score (nSPS) is 13.1. The highest BCUT2D eigenvalue weighted by Crippen LogP contribution is 2.15.